The number of amides is 1. The molecule has 7 atom stereocenters. The average molecular weight is 364 g/mol. The van der Waals surface area contributed by atoms with Gasteiger partial charge in [0, 0.05) is 6.92 Å². The fourth-order valence-corrected chi connectivity index (χ4v) is 2.61. The smallest absolute Gasteiger partial charge is 0.332 e. The molecule has 0 spiro atoms. The van der Waals surface area contributed by atoms with Crippen molar-refractivity contribution in [2.75, 3.05) is 6.61 Å². The Balaban J connectivity index is 3.18. The maximum atomic E-state index is 11.9. The SMILES string of the molecule is CC(=O)N(C1O[C@H](CO)[C@@H](O)[C@H](O[C@H](C)C(=O)O)[C@H]1N)[C@@H](C)C(=O)O. The zero-order valence-electron chi connectivity index (χ0n) is 14.1. The number of hydrogen-bond donors (Lipinski definition) is 5. The van der Waals surface area contributed by atoms with E-state index in [0.717, 1.165) is 11.8 Å². The summed E-state index contributed by atoms with van der Waals surface area (Å²) in [6.07, 6.45) is -6.67. The van der Waals surface area contributed by atoms with Crippen molar-refractivity contribution in [3.63, 3.8) is 0 Å². The molecule has 1 fully saturated rings. The lowest BCUT2D eigenvalue weighted by Crippen LogP contribution is -2.69. The molecule has 1 aliphatic heterocycles. The van der Waals surface area contributed by atoms with E-state index in [1.807, 2.05) is 0 Å². The quantitative estimate of drug-likeness (QED) is 0.326. The first-order valence-corrected chi connectivity index (χ1v) is 7.62. The Morgan fingerprint density at radius 3 is 2.20 bits per heavy atom. The van der Waals surface area contributed by atoms with Crippen molar-refractivity contribution < 1.29 is 44.3 Å². The molecule has 1 heterocycles. The zero-order valence-corrected chi connectivity index (χ0v) is 14.1. The van der Waals surface area contributed by atoms with E-state index in [1.54, 1.807) is 0 Å². The third-order valence-electron chi connectivity index (χ3n) is 4.04. The standard InChI is InChI=1S/C14H24N2O9/c1-5(13(20)21)16(7(3)18)12-9(15)11(24-6(2)14(22)23)10(19)8(4-17)25-12/h5-6,8-12,17,19H,4,15H2,1-3H3,(H,20,21)(H,22,23)/t5-,6+,8+,9+,10+,11+,12?/m0/s1. The second kappa shape index (κ2) is 8.54. The number of aliphatic hydroxyl groups excluding tert-OH is 2. The van der Waals surface area contributed by atoms with Crippen molar-refractivity contribution in [1.29, 1.82) is 0 Å². The van der Waals surface area contributed by atoms with Gasteiger partial charge in [0.1, 0.15) is 24.4 Å². The van der Waals surface area contributed by atoms with E-state index in [1.165, 1.54) is 13.8 Å². The van der Waals surface area contributed by atoms with Crippen LogP contribution in [0, 0.1) is 0 Å². The molecule has 144 valence electrons. The van der Waals surface area contributed by atoms with E-state index in [0.29, 0.717) is 0 Å². The van der Waals surface area contributed by atoms with Crippen LogP contribution in [0.3, 0.4) is 0 Å². The Bertz CT molecular complexity index is 515. The summed E-state index contributed by atoms with van der Waals surface area (Å²) in [4.78, 5) is 35.0. The zero-order chi connectivity index (χ0) is 19.5. The van der Waals surface area contributed by atoms with Crippen molar-refractivity contribution in [1.82, 2.24) is 4.90 Å². The lowest BCUT2D eigenvalue weighted by Gasteiger charge is -2.47. The van der Waals surface area contributed by atoms with Crippen molar-refractivity contribution in [2.24, 2.45) is 5.73 Å². The van der Waals surface area contributed by atoms with Crippen LogP contribution in [0.1, 0.15) is 20.8 Å². The van der Waals surface area contributed by atoms with Crippen molar-refractivity contribution in [2.45, 2.75) is 63.5 Å². The Labute approximate surface area is 143 Å². The number of carboxylic acid groups (broad SMARTS) is 2. The second-order valence-electron chi connectivity index (χ2n) is 5.84. The van der Waals surface area contributed by atoms with E-state index in [2.05, 4.69) is 0 Å². The van der Waals surface area contributed by atoms with Crippen LogP contribution < -0.4 is 5.73 Å². The molecule has 25 heavy (non-hydrogen) atoms. The first kappa shape index (κ1) is 21.3. The monoisotopic (exact) mass is 364 g/mol. The molecule has 0 saturated carbocycles. The van der Waals surface area contributed by atoms with Crippen LogP contribution in [0.2, 0.25) is 0 Å². The highest BCUT2D eigenvalue weighted by atomic mass is 16.6. The highest BCUT2D eigenvalue weighted by Crippen LogP contribution is 2.27. The van der Waals surface area contributed by atoms with Gasteiger partial charge in [-0.25, -0.2) is 9.59 Å². The average Bonchev–Trinajstić information content (AvgIpc) is 2.52. The van der Waals surface area contributed by atoms with Gasteiger partial charge >= 0.3 is 11.9 Å². The fourth-order valence-electron chi connectivity index (χ4n) is 2.61. The van der Waals surface area contributed by atoms with Crippen molar-refractivity contribution >= 4 is 17.8 Å². The maximum Gasteiger partial charge on any atom is 0.332 e. The molecule has 1 saturated heterocycles. The Morgan fingerprint density at radius 1 is 1.24 bits per heavy atom. The molecule has 0 aromatic heterocycles. The molecule has 1 unspecified atom stereocenters. The number of hydrogen-bond acceptors (Lipinski definition) is 8. The third kappa shape index (κ3) is 4.64. The largest absolute Gasteiger partial charge is 0.480 e. The summed E-state index contributed by atoms with van der Waals surface area (Å²) in [6.45, 7) is 2.92. The molecule has 1 aliphatic rings. The van der Waals surface area contributed by atoms with E-state index in [-0.39, 0.29) is 0 Å². The third-order valence-corrected chi connectivity index (χ3v) is 4.04. The minimum atomic E-state index is -1.47. The number of ether oxygens (including phenoxy) is 2. The molecule has 0 aromatic carbocycles. The van der Waals surface area contributed by atoms with Crippen LogP contribution in [-0.4, -0.2) is 92.5 Å². The molecular formula is C14H24N2O9. The lowest BCUT2D eigenvalue weighted by molar-refractivity contribution is -0.246. The normalized spacial score (nSPS) is 31.8. The van der Waals surface area contributed by atoms with E-state index < -0.39 is 67.2 Å². The van der Waals surface area contributed by atoms with Crippen LogP contribution in [-0.2, 0) is 23.9 Å². The maximum absolute atomic E-state index is 11.9. The van der Waals surface area contributed by atoms with Gasteiger partial charge in [-0.15, -0.1) is 0 Å². The first-order valence-electron chi connectivity index (χ1n) is 7.62. The molecule has 1 amide bonds. The summed E-state index contributed by atoms with van der Waals surface area (Å²) in [6, 6.07) is -2.55. The Morgan fingerprint density at radius 2 is 1.80 bits per heavy atom. The predicted molar refractivity (Wildman–Crippen MR) is 81.3 cm³/mol. The lowest BCUT2D eigenvalue weighted by atomic mass is 9.95. The molecule has 6 N–H and O–H groups in total. The van der Waals surface area contributed by atoms with Gasteiger partial charge in [0.05, 0.1) is 12.6 Å². The number of aliphatic hydroxyl groups is 2. The number of aliphatic carboxylic acids is 2. The van der Waals surface area contributed by atoms with E-state index in [9.17, 15) is 29.7 Å². The molecule has 1 rings (SSSR count). The van der Waals surface area contributed by atoms with Gasteiger partial charge in [0.15, 0.2) is 12.3 Å². The number of carbonyl (C=O) groups is 3. The number of carbonyl (C=O) groups excluding carboxylic acids is 1. The number of nitrogens with two attached hydrogens (primary N) is 1. The topological polar surface area (TPSA) is 180 Å². The van der Waals surface area contributed by atoms with Crippen molar-refractivity contribution in [3.05, 3.63) is 0 Å². The summed E-state index contributed by atoms with van der Waals surface area (Å²) in [5.41, 5.74) is 5.98. The summed E-state index contributed by atoms with van der Waals surface area (Å²) in [7, 11) is 0. The molecule has 0 radical (unpaired) electrons. The first-order chi connectivity index (χ1) is 11.5. The molecule has 11 nitrogen and oxygen atoms in total. The number of rotatable bonds is 7. The Kier molecular flexibility index (Phi) is 7.26. The highest BCUT2D eigenvalue weighted by Gasteiger charge is 2.49. The second-order valence-corrected chi connectivity index (χ2v) is 5.84. The minimum Gasteiger partial charge on any atom is -0.480 e. The molecule has 0 bridgehead atoms. The van der Waals surface area contributed by atoms with E-state index >= 15 is 0 Å². The van der Waals surface area contributed by atoms with Crippen LogP contribution in [0.5, 0.6) is 0 Å². The van der Waals surface area contributed by atoms with Gasteiger partial charge in [-0.2, -0.15) is 0 Å². The molecule has 11 heteroatoms. The van der Waals surface area contributed by atoms with Crippen LogP contribution in [0.4, 0.5) is 0 Å². The van der Waals surface area contributed by atoms with Gasteiger partial charge < -0.3 is 40.5 Å². The minimum absolute atomic E-state index is 0.659. The number of nitrogens with zero attached hydrogens (tertiary/aromatic N) is 1. The van der Waals surface area contributed by atoms with Crippen molar-refractivity contribution in [3.8, 4) is 0 Å². The van der Waals surface area contributed by atoms with Crippen LogP contribution in [0.15, 0.2) is 0 Å². The number of carboxylic acids is 2. The summed E-state index contributed by atoms with van der Waals surface area (Å²) in [5, 5.41) is 37.7. The summed E-state index contributed by atoms with van der Waals surface area (Å²) < 4.78 is 10.7. The predicted octanol–water partition coefficient (Wildman–Crippen LogP) is -2.43. The molecular weight excluding hydrogens is 340 g/mol. The highest BCUT2D eigenvalue weighted by molar-refractivity contribution is 5.82. The van der Waals surface area contributed by atoms with Gasteiger partial charge in [-0.05, 0) is 13.8 Å². The van der Waals surface area contributed by atoms with Crippen LogP contribution >= 0.6 is 0 Å². The van der Waals surface area contributed by atoms with Crippen LogP contribution in [0.25, 0.3) is 0 Å². The van der Waals surface area contributed by atoms with Gasteiger partial charge in [0.2, 0.25) is 5.91 Å². The van der Waals surface area contributed by atoms with Gasteiger partial charge in [-0.3, -0.25) is 4.79 Å². The molecule has 0 aliphatic carbocycles. The molecule has 0 aromatic rings. The Hall–Kier alpha value is -1.79. The van der Waals surface area contributed by atoms with Gasteiger partial charge in [-0.1, -0.05) is 0 Å². The summed E-state index contributed by atoms with van der Waals surface area (Å²) >= 11 is 0. The fraction of sp³-hybridized carbons (Fsp3) is 0.786. The van der Waals surface area contributed by atoms with E-state index in [4.69, 9.17) is 20.3 Å². The summed E-state index contributed by atoms with van der Waals surface area (Å²) in [5.74, 6) is -3.27. The van der Waals surface area contributed by atoms with Gasteiger partial charge in [0.25, 0.3) is 0 Å².